The summed E-state index contributed by atoms with van der Waals surface area (Å²) in [5.74, 6) is -0.201. The summed E-state index contributed by atoms with van der Waals surface area (Å²) in [5, 5.41) is 9.94. The molecule has 0 aliphatic rings. The smallest absolute Gasteiger partial charge is 0.257 e. The zero-order chi connectivity index (χ0) is 12.5. The number of hydrogen-bond acceptors (Lipinski definition) is 3. The van der Waals surface area contributed by atoms with Crippen molar-refractivity contribution >= 4 is 28.2 Å². The van der Waals surface area contributed by atoms with Crippen molar-refractivity contribution < 1.29 is 4.79 Å². The monoisotopic (exact) mass is 241 g/mol. The van der Waals surface area contributed by atoms with Crippen LogP contribution in [0.4, 0.5) is 11.4 Å². The maximum Gasteiger partial charge on any atom is 0.257 e. The molecule has 0 aliphatic carbocycles. The van der Waals surface area contributed by atoms with Crippen molar-refractivity contribution in [3.05, 3.63) is 42.4 Å². The van der Waals surface area contributed by atoms with Gasteiger partial charge in [0.05, 0.1) is 17.4 Å². The second-order valence-electron chi connectivity index (χ2n) is 3.95. The normalized spacial score (nSPS) is 10.7. The third-order valence-electron chi connectivity index (χ3n) is 2.71. The van der Waals surface area contributed by atoms with E-state index in [9.17, 15) is 4.79 Å². The summed E-state index contributed by atoms with van der Waals surface area (Å²) in [7, 11) is 0. The second kappa shape index (κ2) is 3.92. The lowest BCUT2D eigenvalue weighted by atomic mass is 10.1. The summed E-state index contributed by atoms with van der Waals surface area (Å²) in [6, 6.07) is 5.41. The number of nitrogen functional groups attached to an aromatic ring is 1. The van der Waals surface area contributed by atoms with Crippen molar-refractivity contribution in [1.82, 2.24) is 15.2 Å². The van der Waals surface area contributed by atoms with Gasteiger partial charge in [0.15, 0.2) is 0 Å². The summed E-state index contributed by atoms with van der Waals surface area (Å²) in [6.07, 6.45) is 4.82. The van der Waals surface area contributed by atoms with Gasteiger partial charge < -0.3 is 16.0 Å². The molecule has 3 rings (SSSR count). The minimum atomic E-state index is -0.201. The van der Waals surface area contributed by atoms with Crippen LogP contribution in [0.25, 0.3) is 10.9 Å². The first-order valence-corrected chi connectivity index (χ1v) is 5.41. The van der Waals surface area contributed by atoms with Gasteiger partial charge in [-0.3, -0.25) is 9.89 Å². The summed E-state index contributed by atoms with van der Waals surface area (Å²) < 4.78 is 0. The van der Waals surface area contributed by atoms with E-state index in [2.05, 4.69) is 20.5 Å². The highest BCUT2D eigenvalue weighted by Gasteiger charge is 2.12. The van der Waals surface area contributed by atoms with E-state index in [1.54, 1.807) is 30.7 Å². The molecule has 0 aliphatic heterocycles. The van der Waals surface area contributed by atoms with Gasteiger partial charge in [-0.1, -0.05) is 0 Å². The standard InChI is InChI=1S/C12H11N5O/c13-7-1-2-11-9(3-7)10(6-14-11)12(18)17-8-4-15-16-5-8/h1-6,14H,13H2,(H,15,16)(H,17,18). The Bertz CT molecular complexity index is 698. The highest BCUT2D eigenvalue weighted by molar-refractivity contribution is 6.13. The van der Waals surface area contributed by atoms with Crippen molar-refractivity contribution in [3.8, 4) is 0 Å². The lowest BCUT2D eigenvalue weighted by Gasteiger charge is -2.01. The number of rotatable bonds is 2. The number of anilines is 2. The average molecular weight is 241 g/mol. The number of hydrogen-bond donors (Lipinski definition) is 4. The molecule has 0 bridgehead atoms. The van der Waals surface area contributed by atoms with Gasteiger partial charge in [-0.15, -0.1) is 0 Å². The van der Waals surface area contributed by atoms with E-state index in [0.29, 0.717) is 16.9 Å². The van der Waals surface area contributed by atoms with Gasteiger partial charge in [0, 0.05) is 29.0 Å². The average Bonchev–Trinajstić information content (AvgIpc) is 2.97. The van der Waals surface area contributed by atoms with E-state index in [4.69, 9.17) is 5.73 Å². The number of nitrogens with zero attached hydrogens (tertiary/aromatic N) is 1. The SMILES string of the molecule is Nc1ccc2[nH]cc(C(=O)Nc3cn[nH]c3)c2c1. The molecule has 1 amide bonds. The minimum Gasteiger partial charge on any atom is -0.399 e. The summed E-state index contributed by atoms with van der Waals surface area (Å²) in [6.45, 7) is 0. The number of H-pyrrole nitrogens is 2. The van der Waals surface area contributed by atoms with Gasteiger partial charge >= 0.3 is 0 Å². The van der Waals surface area contributed by atoms with Crippen LogP contribution in [0.5, 0.6) is 0 Å². The number of fused-ring (bicyclic) bond motifs is 1. The molecule has 0 atom stereocenters. The summed E-state index contributed by atoms with van der Waals surface area (Å²) >= 11 is 0. The minimum absolute atomic E-state index is 0.201. The predicted octanol–water partition coefficient (Wildman–Crippen LogP) is 1.73. The van der Waals surface area contributed by atoms with Crippen LogP contribution in [0.2, 0.25) is 0 Å². The molecular formula is C12H11N5O. The van der Waals surface area contributed by atoms with E-state index in [0.717, 1.165) is 10.9 Å². The van der Waals surface area contributed by atoms with Gasteiger partial charge in [0.1, 0.15) is 0 Å². The Hall–Kier alpha value is -2.76. The summed E-state index contributed by atoms with van der Waals surface area (Å²) in [4.78, 5) is 15.1. The predicted molar refractivity (Wildman–Crippen MR) is 69.3 cm³/mol. The highest BCUT2D eigenvalue weighted by atomic mass is 16.1. The van der Waals surface area contributed by atoms with Gasteiger partial charge in [-0.05, 0) is 18.2 Å². The van der Waals surface area contributed by atoms with E-state index in [-0.39, 0.29) is 5.91 Å². The molecule has 3 aromatic rings. The topological polar surface area (TPSA) is 99.6 Å². The van der Waals surface area contributed by atoms with Crippen molar-refractivity contribution in [3.63, 3.8) is 0 Å². The number of aromatic nitrogens is 3. The molecule has 0 fully saturated rings. The fraction of sp³-hybridized carbons (Fsp3) is 0. The van der Waals surface area contributed by atoms with Crippen LogP contribution in [-0.2, 0) is 0 Å². The number of benzene rings is 1. The molecular weight excluding hydrogens is 230 g/mol. The van der Waals surface area contributed by atoms with Gasteiger partial charge in [0.25, 0.3) is 5.91 Å². The van der Waals surface area contributed by atoms with Crippen molar-refractivity contribution in [2.75, 3.05) is 11.1 Å². The van der Waals surface area contributed by atoms with Crippen LogP contribution in [0, 0.1) is 0 Å². The van der Waals surface area contributed by atoms with Gasteiger partial charge in [0.2, 0.25) is 0 Å². The van der Waals surface area contributed by atoms with Crippen LogP contribution in [0.3, 0.4) is 0 Å². The quantitative estimate of drug-likeness (QED) is 0.514. The first-order chi connectivity index (χ1) is 8.74. The molecule has 2 aromatic heterocycles. The van der Waals surface area contributed by atoms with Crippen molar-refractivity contribution in [2.24, 2.45) is 0 Å². The number of carbonyl (C=O) groups is 1. The number of amides is 1. The Labute approximate surface area is 102 Å². The van der Waals surface area contributed by atoms with E-state index in [1.165, 1.54) is 0 Å². The molecule has 0 unspecified atom stereocenters. The lowest BCUT2D eigenvalue weighted by molar-refractivity contribution is 0.102. The molecule has 0 saturated heterocycles. The number of nitrogens with one attached hydrogen (secondary N) is 3. The van der Waals surface area contributed by atoms with Gasteiger partial charge in [-0.25, -0.2) is 0 Å². The van der Waals surface area contributed by atoms with Crippen LogP contribution >= 0.6 is 0 Å². The Morgan fingerprint density at radius 1 is 1.33 bits per heavy atom. The van der Waals surface area contributed by atoms with Crippen molar-refractivity contribution in [1.29, 1.82) is 0 Å². The molecule has 0 radical (unpaired) electrons. The second-order valence-corrected chi connectivity index (χ2v) is 3.95. The maximum absolute atomic E-state index is 12.1. The zero-order valence-corrected chi connectivity index (χ0v) is 9.40. The van der Waals surface area contributed by atoms with Crippen LogP contribution in [0.15, 0.2) is 36.8 Å². The number of nitrogens with two attached hydrogens (primary N) is 1. The Kier molecular flexibility index (Phi) is 2.26. The van der Waals surface area contributed by atoms with E-state index >= 15 is 0 Å². The fourth-order valence-corrected chi connectivity index (χ4v) is 1.84. The Morgan fingerprint density at radius 2 is 2.22 bits per heavy atom. The zero-order valence-electron chi connectivity index (χ0n) is 9.40. The molecule has 6 heteroatoms. The molecule has 2 heterocycles. The Balaban J connectivity index is 1.98. The molecule has 0 saturated carbocycles. The third kappa shape index (κ3) is 1.69. The molecule has 5 N–H and O–H groups in total. The maximum atomic E-state index is 12.1. The largest absolute Gasteiger partial charge is 0.399 e. The lowest BCUT2D eigenvalue weighted by Crippen LogP contribution is -2.10. The Morgan fingerprint density at radius 3 is 3.00 bits per heavy atom. The first kappa shape index (κ1) is 10.4. The molecule has 6 nitrogen and oxygen atoms in total. The van der Waals surface area contributed by atoms with Crippen LogP contribution in [-0.4, -0.2) is 21.1 Å². The van der Waals surface area contributed by atoms with Crippen LogP contribution in [0.1, 0.15) is 10.4 Å². The number of aromatic amines is 2. The van der Waals surface area contributed by atoms with Crippen molar-refractivity contribution in [2.45, 2.75) is 0 Å². The third-order valence-corrected chi connectivity index (χ3v) is 2.71. The molecule has 90 valence electrons. The molecule has 18 heavy (non-hydrogen) atoms. The first-order valence-electron chi connectivity index (χ1n) is 5.41. The van der Waals surface area contributed by atoms with Crippen LogP contribution < -0.4 is 11.1 Å². The van der Waals surface area contributed by atoms with Gasteiger partial charge in [-0.2, -0.15) is 5.10 Å². The fourth-order valence-electron chi connectivity index (χ4n) is 1.84. The molecule has 0 spiro atoms. The van der Waals surface area contributed by atoms with E-state index in [1.807, 2.05) is 6.07 Å². The highest BCUT2D eigenvalue weighted by Crippen LogP contribution is 2.21. The number of carbonyl (C=O) groups excluding carboxylic acids is 1. The summed E-state index contributed by atoms with van der Waals surface area (Å²) in [5.41, 5.74) is 8.41. The van der Waals surface area contributed by atoms with E-state index < -0.39 is 0 Å². The molecule has 1 aromatic carbocycles.